The Morgan fingerprint density at radius 3 is 0.765 bits per heavy atom. The Labute approximate surface area is 406 Å². The molecule has 0 aliphatic heterocycles. The molecule has 372 valence electrons. The molecule has 0 fully saturated rings. The van der Waals surface area contributed by atoms with Gasteiger partial charge in [0.05, 0.1) is 60.0 Å². The number of nitrogens with one attached hydrogen (secondary N) is 3. The summed E-state index contributed by atoms with van der Waals surface area (Å²) in [5.74, 6) is 5.34. The van der Waals surface area contributed by atoms with Crippen LogP contribution < -0.4 is 28.4 Å². The number of unbranched alkanes of at least 4 members (excludes halogenated alkanes) is 15. The Hall–Kier alpha value is -5.91. The second-order valence-corrected chi connectivity index (χ2v) is 16.7. The van der Waals surface area contributed by atoms with E-state index in [1.54, 1.807) is 0 Å². The van der Waals surface area contributed by atoms with Crippen molar-refractivity contribution in [1.29, 1.82) is 16.2 Å². The third kappa shape index (κ3) is 23.2. The molecule has 0 aromatic heterocycles. The molecule has 3 N–H and O–H groups in total. The second kappa shape index (κ2) is 34.4. The molecular formula is C56H79N3O9. The van der Waals surface area contributed by atoms with E-state index in [0.29, 0.717) is 52.9 Å². The van der Waals surface area contributed by atoms with Gasteiger partial charge in [-0.3, -0.25) is 16.2 Å². The van der Waals surface area contributed by atoms with Crippen molar-refractivity contribution in [2.24, 2.45) is 0 Å². The molecule has 12 nitrogen and oxygen atoms in total. The first-order valence-electron chi connectivity index (χ1n) is 25.2. The Balaban J connectivity index is 1.09. The summed E-state index contributed by atoms with van der Waals surface area (Å²) in [6.07, 6.45) is 19.7. The maximum Gasteiger partial charge on any atom is 0.213 e. The van der Waals surface area contributed by atoms with E-state index in [-0.39, 0.29) is 17.7 Å². The fraction of sp³-hybridized carbons (Fsp3) is 0.518. The third-order valence-corrected chi connectivity index (χ3v) is 11.2. The zero-order valence-corrected chi connectivity index (χ0v) is 41.2. The van der Waals surface area contributed by atoms with Gasteiger partial charge in [0.2, 0.25) is 17.7 Å². The molecule has 0 radical (unpaired) electrons. The van der Waals surface area contributed by atoms with Crippen molar-refractivity contribution >= 4 is 17.7 Å². The third-order valence-electron chi connectivity index (χ3n) is 11.2. The van der Waals surface area contributed by atoms with E-state index in [4.69, 9.17) is 58.9 Å². The largest absolute Gasteiger partial charge is 0.494 e. The van der Waals surface area contributed by atoms with Crippen LogP contribution in [-0.4, -0.2) is 77.7 Å². The standard InChI is InChI=1S/C56H79N3O9/c1-4-61-55(58)46-26-32-49(33-27-46)64-37-19-13-7-10-16-22-40-67-52-42-51(66-39-21-15-9-6-12-18-36-63-48-30-24-45(25-31-48)54(57)60-3)43-53(44-52)68-41-23-17-11-8-14-20-38-65-50-34-28-47(29-35-50)56(59)62-5-2/h24-35,42-44,57-59H,4-23,36-41H2,1-3H3. The maximum absolute atomic E-state index is 7.91. The molecule has 0 unspecified atom stereocenters. The molecule has 0 heterocycles. The lowest BCUT2D eigenvalue weighted by atomic mass is 10.1. The highest BCUT2D eigenvalue weighted by Crippen LogP contribution is 2.29. The predicted molar refractivity (Wildman–Crippen MR) is 273 cm³/mol. The van der Waals surface area contributed by atoms with E-state index in [0.717, 1.165) is 167 Å². The van der Waals surface area contributed by atoms with Crippen molar-refractivity contribution in [3.63, 3.8) is 0 Å². The summed E-state index contributed by atoms with van der Waals surface area (Å²) in [7, 11) is 1.50. The molecule has 0 saturated heterocycles. The van der Waals surface area contributed by atoms with E-state index in [1.165, 1.54) is 7.11 Å². The van der Waals surface area contributed by atoms with Crippen LogP contribution >= 0.6 is 0 Å². The fourth-order valence-corrected chi connectivity index (χ4v) is 7.35. The SMILES string of the molecule is CCOC(=N)c1ccc(OCCCCCCCCOc2cc(OCCCCCCCCOc3ccc(C(=N)OC)cc3)cc(OCCCCCCCCOc3ccc(C(=N)OCC)cc3)c2)cc1. The highest BCUT2D eigenvalue weighted by molar-refractivity contribution is 5.92. The predicted octanol–water partition coefficient (Wildman–Crippen LogP) is 13.8. The monoisotopic (exact) mass is 938 g/mol. The minimum atomic E-state index is 0.152. The molecule has 0 amide bonds. The zero-order chi connectivity index (χ0) is 48.3. The van der Waals surface area contributed by atoms with Gasteiger partial charge in [-0.05, 0) is 125 Å². The summed E-state index contributed by atoms with van der Waals surface area (Å²) in [6, 6.07) is 28.5. The minimum absolute atomic E-state index is 0.152. The molecule has 0 aliphatic rings. The van der Waals surface area contributed by atoms with Gasteiger partial charge in [-0.15, -0.1) is 0 Å². The Kier molecular flexibility index (Phi) is 27.7. The average molecular weight is 938 g/mol. The lowest BCUT2D eigenvalue weighted by Gasteiger charge is -2.14. The van der Waals surface area contributed by atoms with Crippen LogP contribution in [0.2, 0.25) is 0 Å². The first-order valence-corrected chi connectivity index (χ1v) is 25.2. The molecule has 0 atom stereocenters. The molecular weight excluding hydrogens is 859 g/mol. The van der Waals surface area contributed by atoms with E-state index in [9.17, 15) is 0 Å². The summed E-state index contributed by atoms with van der Waals surface area (Å²) >= 11 is 0. The lowest BCUT2D eigenvalue weighted by molar-refractivity contribution is 0.274. The number of methoxy groups -OCH3 is 1. The van der Waals surface area contributed by atoms with E-state index in [2.05, 4.69) is 0 Å². The first-order chi connectivity index (χ1) is 33.4. The molecule has 0 bridgehead atoms. The highest BCUT2D eigenvalue weighted by atomic mass is 16.5. The number of benzene rings is 4. The van der Waals surface area contributed by atoms with Gasteiger partial charge < -0.3 is 42.6 Å². The van der Waals surface area contributed by atoms with Crippen molar-refractivity contribution in [3.05, 3.63) is 108 Å². The fourth-order valence-electron chi connectivity index (χ4n) is 7.35. The number of ether oxygens (including phenoxy) is 9. The molecule has 4 aromatic rings. The highest BCUT2D eigenvalue weighted by Gasteiger charge is 2.08. The van der Waals surface area contributed by atoms with Gasteiger partial charge in [0.15, 0.2) is 0 Å². The van der Waals surface area contributed by atoms with Crippen molar-refractivity contribution in [2.45, 2.75) is 129 Å². The molecule has 4 aromatic carbocycles. The zero-order valence-electron chi connectivity index (χ0n) is 41.2. The topological polar surface area (TPSA) is 155 Å². The van der Waals surface area contributed by atoms with Gasteiger partial charge in [0.1, 0.15) is 34.5 Å². The lowest BCUT2D eigenvalue weighted by Crippen LogP contribution is -2.04. The van der Waals surface area contributed by atoms with Gasteiger partial charge in [0, 0.05) is 34.9 Å². The van der Waals surface area contributed by atoms with E-state index in [1.807, 2.05) is 105 Å². The summed E-state index contributed by atoms with van der Waals surface area (Å²) in [5.41, 5.74) is 2.25. The molecule has 0 aliphatic carbocycles. The molecule has 0 saturated carbocycles. The minimum Gasteiger partial charge on any atom is -0.494 e. The van der Waals surface area contributed by atoms with Crippen LogP contribution in [0.25, 0.3) is 0 Å². The van der Waals surface area contributed by atoms with Crippen LogP contribution in [-0.2, 0) is 14.2 Å². The summed E-state index contributed by atoms with van der Waals surface area (Å²) in [6.45, 7) is 8.73. The van der Waals surface area contributed by atoms with Crippen LogP contribution in [0.3, 0.4) is 0 Å². The molecule has 0 spiro atoms. The second-order valence-electron chi connectivity index (χ2n) is 16.7. The number of hydrogen-bond acceptors (Lipinski definition) is 12. The van der Waals surface area contributed by atoms with E-state index >= 15 is 0 Å². The number of rotatable bonds is 38. The van der Waals surface area contributed by atoms with Crippen molar-refractivity contribution < 1.29 is 42.6 Å². The normalized spacial score (nSPS) is 10.8. The smallest absolute Gasteiger partial charge is 0.213 e. The van der Waals surface area contributed by atoms with Crippen LogP contribution in [0.4, 0.5) is 0 Å². The summed E-state index contributed by atoms with van der Waals surface area (Å²) in [4.78, 5) is 0. The van der Waals surface area contributed by atoms with Gasteiger partial charge >= 0.3 is 0 Å². The maximum atomic E-state index is 7.91. The van der Waals surface area contributed by atoms with Crippen LogP contribution in [0, 0.1) is 16.2 Å². The van der Waals surface area contributed by atoms with Gasteiger partial charge in [-0.1, -0.05) is 77.0 Å². The Morgan fingerprint density at radius 2 is 0.529 bits per heavy atom. The number of hydrogen-bond donors (Lipinski definition) is 3. The van der Waals surface area contributed by atoms with Gasteiger partial charge in [0.25, 0.3) is 0 Å². The first kappa shape index (κ1) is 54.7. The van der Waals surface area contributed by atoms with Crippen molar-refractivity contribution in [2.75, 3.05) is 60.0 Å². The molecule has 68 heavy (non-hydrogen) atoms. The molecule has 12 heteroatoms. The molecule has 4 rings (SSSR count). The van der Waals surface area contributed by atoms with Gasteiger partial charge in [-0.25, -0.2) is 0 Å². The van der Waals surface area contributed by atoms with Crippen LogP contribution in [0.5, 0.6) is 34.5 Å². The van der Waals surface area contributed by atoms with Crippen LogP contribution in [0.15, 0.2) is 91.0 Å². The Morgan fingerprint density at radius 1 is 0.309 bits per heavy atom. The summed E-state index contributed by atoms with van der Waals surface area (Å²) < 4.78 is 51.9. The van der Waals surface area contributed by atoms with Crippen LogP contribution in [0.1, 0.15) is 146 Å². The van der Waals surface area contributed by atoms with E-state index < -0.39 is 0 Å². The summed E-state index contributed by atoms with van der Waals surface area (Å²) in [5, 5.41) is 23.6. The Bertz CT molecular complexity index is 1870. The van der Waals surface area contributed by atoms with Crippen molar-refractivity contribution in [3.8, 4) is 34.5 Å². The average Bonchev–Trinajstić information content (AvgIpc) is 3.36. The van der Waals surface area contributed by atoms with Gasteiger partial charge in [-0.2, -0.15) is 0 Å². The van der Waals surface area contributed by atoms with Crippen molar-refractivity contribution in [1.82, 2.24) is 0 Å². The quantitative estimate of drug-likeness (QED) is 0.0226.